The summed E-state index contributed by atoms with van der Waals surface area (Å²) in [6.45, 7) is 3.69. The van der Waals surface area contributed by atoms with Gasteiger partial charge >= 0.3 is 0 Å². The molecule has 0 unspecified atom stereocenters. The first-order valence-electron chi connectivity index (χ1n) is 7.87. The van der Waals surface area contributed by atoms with Crippen LogP contribution in [0.4, 0.5) is 5.69 Å². The van der Waals surface area contributed by atoms with Crippen LogP contribution < -0.4 is 4.72 Å². The van der Waals surface area contributed by atoms with Crippen molar-refractivity contribution in [2.45, 2.75) is 25.3 Å². The van der Waals surface area contributed by atoms with Gasteiger partial charge in [-0.2, -0.15) is 4.68 Å². The summed E-state index contributed by atoms with van der Waals surface area (Å²) in [5, 5.41) is 22.4. The number of hydrogen-bond acceptors (Lipinski definition) is 7. The number of para-hydroxylation sites is 1. The Bertz CT molecular complexity index is 1110. The first-order valence-corrected chi connectivity index (χ1v) is 9.36. The van der Waals surface area contributed by atoms with Crippen molar-refractivity contribution in [3.8, 4) is 5.69 Å². The average Bonchev–Trinajstić information content (AvgIpc) is 3.11. The summed E-state index contributed by atoms with van der Waals surface area (Å²) in [6, 6.07) is 10.7. The Hall–Kier alpha value is -3.18. The van der Waals surface area contributed by atoms with Gasteiger partial charge in [0.15, 0.2) is 10.7 Å². The molecule has 0 radical (unpaired) electrons. The number of nitro groups is 1. The summed E-state index contributed by atoms with van der Waals surface area (Å²) < 4.78 is 28.7. The zero-order chi connectivity index (χ0) is 19.6. The molecule has 10 nitrogen and oxygen atoms in total. The fourth-order valence-electron chi connectivity index (χ4n) is 2.45. The molecule has 0 atom stereocenters. The number of aryl methyl sites for hydroxylation is 2. The smallest absolute Gasteiger partial charge is 0.258 e. The highest BCUT2D eigenvalue weighted by Crippen LogP contribution is 2.23. The molecule has 0 saturated heterocycles. The van der Waals surface area contributed by atoms with Crippen molar-refractivity contribution >= 4 is 15.7 Å². The van der Waals surface area contributed by atoms with Gasteiger partial charge in [-0.25, -0.2) is 13.1 Å². The molecule has 0 amide bonds. The maximum Gasteiger partial charge on any atom is 0.289 e. The molecule has 11 heteroatoms. The summed E-state index contributed by atoms with van der Waals surface area (Å²) in [5.41, 5.74) is 2.32. The van der Waals surface area contributed by atoms with Crippen molar-refractivity contribution in [1.29, 1.82) is 0 Å². The number of nitrogens with one attached hydrogen (secondary N) is 1. The lowest BCUT2D eigenvalue weighted by Gasteiger charge is -2.09. The van der Waals surface area contributed by atoms with Crippen molar-refractivity contribution in [2.75, 3.05) is 0 Å². The fraction of sp³-hybridized carbons (Fsp3) is 0.188. The monoisotopic (exact) mass is 388 g/mol. The predicted molar refractivity (Wildman–Crippen MR) is 95.7 cm³/mol. The van der Waals surface area contributed by atoms with Crippen molar-refractivity contribution in [2.24, 2.45) is 0 Å². The van der Waals surface area contributed by atoms with E-state index >= 15 is 0 Å². The minimum Gasteiger partial charge on any atom is -0.258 e. The number of nitrogens with zero attached hydrogens (tertiary/aromatic N) is 5. The van der Waals surface area contributed by atoms with E-state index in [1.54, 1.807) is 0 Å². The highest BCUT2D eigenvalue weighted by Gasteiger charge is 2.25. The van der Waals surface area contributed by atoms with E-state index in [1.807, 2.05) is 32.0 Å². The molecule has 0 fully saturated rings. The normalized spacial score (nSPS) is 11.5. The molecule has 140 valence electrons. The third kappa shape index (κ3) is 3.83. The Balaban J connectivity index is 1.87. The molecule has 0 aliphatic carbocycles. The average molecular weight is 388 g/mol. The predicted octanol–water partition coefficient (Wildman–Crippen LogP) is 1.67. The van der Waals surface area contributed by atoms with E-state index in [0.29, 0.717) is 5.69 Å². The molecule has 1 heterocycles. The maximum atomic E-state index is 12.5. The van der Waals surface area contributed by atoms with E-state index in [4.69, 9.17) is 0 Å². The van der Waals surface area contributed by atoms with Gasteiger partial charge in [0.05, 0.1) is 17.2 Å². The third-order valence-corrected chi connectivity index (χ3v) is 5.49. The molecule has 1 N–H and O–H groups in total. The molecule has 0 bridgehead atoms. The van der Waals surface area contributed by atoms with Crippen LogP contribution in [0.15, 0.2) is 47.4 Å². The number of rotatable bonds is 6. The first-order chi connectivity index (χ1) is 12.8. The van der Waals surface area contributed by atoms with Crippen LogP contribution in [0, 0.1) is 24.0 Å². The lowest BCUT2D eigenvalue weighted by Crippen LogP contribution is -2.25. The summed E-state index contributed by atoms with van der Waals surface area (Å²) in [7, 11) is -4.13. The molecule has 0 spiro atoms. The third-order valence-electron chi connectivity index (χ3n) is 4.04. The van der Waals surface area contributed by atoms with Crippen LogP contribution in [-0.2, 0) is 16.6 Å². The summed E-state index contributed by atoms with van der Waals surface area (Å²) in [6.07, 6.45) is 0. The maximum absolute atomic E-state index is 12.5. The molecule has 0 aliphatic heterocycles. The van der Waals surface area contributed by atoms with E-state index in [9.17, 15) is 18.5 Å². The standard InChI is InChI=1S/C16H16N6O4S/c1-11-7-8-13(9-12(11)2)21-16(18-19-20-21)10-17-27(25,26)15-6-4-3-5-14(15)22(23)24/h3-9,17H,10H2,1-2H3. The van der Waals surface area contributed by atoms with Crippen LogP contribution in [-0.4, -0.2) is 33.5 Å². The van der Waals surface area contributed by atoms with Gasteiger partial charge in [0.2, 0.25) is 10.0 Å². The Morgan fingerprint density at radius 2 is 1.89 bits per heavy atom. The molecule has 3 rings (SSSR count). The highest BCUT2D eigenvalue weighted by atomic mass is 32.2. The topological polar surface area (TPSA) is 133 Å². The van der Waals surface area contributed by atoms with Crippen molar-refractivity contribution in [3.63, 3.8) is 0 Å². The van der Waals surface area contributed by atoms with Crippen LogP contribution >= 0.6 is 0 Å². The summed E-state index contributed by atoms with van der Waals surface area (Å²) in [4.78, 5) is 9.92. The molecule has 1 aromatic heterocycles. The quantitative estimate of drug-likeness (QED) is 0.501. The first kappa shape index (κ1) is 18.6. The van der Waals surface area contributed by atoms with E-state index in [1.165, 1.54) is 22.9 Å². The lowest BCUT2D eigenvalue weighted by molar-refractivity contribution is -0.387. The molecule has 2 aromatic carbocycles. The molecular formula is C16H16N6O4S. The molecule has 27 heavy (non-hydrogen) atoms. The van der Waals surface area contributed by atoms with Crippen molar-refractivity contribution in [3.05, 3.63) is 69.5 Å². The zero-order valence-corrected chi connectivity index (χ0v) is 15.3. The minimum absolute atomic E-state index is 0.228. The van der Waals surface area contributed by atoms with E-state index in [-0.39, 0.29) is 12.4 Å². The SMILES string of the molecule is Cc1ccc(-n2nnnc2CNS(=O)(=O)c2ccccc2[N+](=O)[O-])cc1C. The van der Waals surface area contributed by atoms with Gasteiger partial charge in [-0.1, -0.05) is 18.2 Å². The van der Waals surface area contributed by atoms with Crippen LogP contribution in [0.2, 0.25) is 0 Å². The van der Waals surface area contributed by atoms with Crippen LogP contribution in [0.3, 0.4) is 0 Å². The Morgan fingerprint density at radius 3 is 2.59 bits per heavy atom. The van der Waals surface area contributed by atoms with Gasteiger partial charge < -0.3 is 0 Å². The number of hydrogen-bond donors (Lipinski definition) is 1. The second-order valence-corrected chi connectivity index (χ2v) is 7.56. The van der Waals surface area contributed by atoms with Gasteiger partial charge in [-0.15, -0.1) is 5.10 Å². The van der Waals surface area contributed by atoms with Crippen molar-refractivity contribution in [1.82, 2.24) is 24.9 Å². The second-order valence-electron chi connectivity index (χ2n) is 5.82. The van der Waals surface area contributed by atoms with Gasteiger partial charge in [0, 0.05) is 6.07 Å². The Kier molecular flexibility index (Phi) is 4.97. The number of aromatic nitrogens is 4. The highest BCUT2D eigenvalue weighted by molar-refractivity contribution is 7.89. The summed E-state index contributed by atoms with van der Waals surface area (Å²) >= 11 is 0. The van der Waals surface area contributed by atoms with Gasteiger partial charge in [0.1, 0.15) is 0 Å². The second kappa shape index (κ2) is 7.21. The fourth-order valence-corrected chi connectivity index (χ4v) is 3.60. The van der Waals surface area contributed by atoms with Crippen LogP contribution in [0.25, 0.3) is 5.69 Å². The largest absolute Gasteiger partial charge is 0.289 e. The number of benzene rings is 2. The number of tetrazole rings is 1. The molecular weight excluding hydrogens is 372 g/mol. The number of sulfonamides is 1. The zero-order valence-electron chi connectivity index (χ0n) is 14.5. The molecule has 0 saturated carbocycles. The van der Waals surface area contributed by atoms with E-state index in [0.717, 1.165) is 17.2 Å². The molecule has 0 aliphatic rings. The van der Waals surface area contributed by atoms with Gasteiger partial charge in [-0.3, -0.25) is 10.1 Å². The van der Waals surface area contributed by atoms with E-state index in [2.05, 4.69) is 20.2 Å². The van der Waals surface area contributed by atoms with Crippen LogP contribution in [0.1, 0.15) is 17.0 Å². The minimum atomic E-state index is -4.13. The van der Waals surface area contributed by atoms with Crippen molar-refractivity contribution < 1.29 is 13.3 Å². The Labute approximate surface area is 155 Å². The van der Waals surface area contributed by atoms with E-state index < -0.39 is 25.5 Å². The lowest BCUT2D eigenvalue weighted by atomic mass is 10.1. The molecule has 3 aromatic rings. The summed E-state index contributed by atoms with van der Waals surface area (Å²) in [5.74, 6) is 0.250. The van der Waals surface area contributed by atoms with Gasteiger partial charge in [-0.05, 0) is 53.6 Å². The van der Waals surface area contributed by atoms with Crippen LogP contribution in [0.5, 0.6) is 0 Å². The number of nitro benzene ring substituents is 1. The van der Waals surface area contributed by atoms with Gasteiger partial charge in [0.25, 0.3) is 5.69 Å². The Morgan fingerprint density at radius 1 is 1.15 bits per heavy atom.